The van der Waals surface area contributed by atoms with E-state index in [1.54, 1.807) is 22.6 Å². The van der Waals surface area contributed by atoms with E-state index >= 15 is 0 Å². The van der Waals surface area contributed by atoms with Crippen molar-refractivity contribution < 1.29 is 14.7 Å². The number of carbonyl (C=O) groups excluding carboxylic acids is 2. The largest absolute Gasteiger partial charge is 0.391 e. The summed E-state index contributed by atoms with van der Waals surface area (Å²) in [5.74, 6) is -0.525. The van der Waals surface area contributed by atoms with Crippen LogP contribution in [-0.4, -0.2) is 68.8 Å². The van der Waals surface area contributed by atoms with Gasteiger partial charge in [-0.15, -0.1) is 16.9 Å². The predicted octanol–water partition coefficient (Wildman–Crippen LogP) is 1.96. The molecule has 30 heavy (non-hydrogen) atoms. The summed E-state index contributed by atoms with van der Waals surface area (Å²) < 4.78 is 1.58. The topological polar surface area (TPSA) is 100 Å². The van der Waals surface area contributed by atoms with E-state index < -0.39 is 23.6 Å². The van der Waals surface area contributed by atoms with Crippen molar-refractivity contribution in [1.82, 2.24) is 25.2 Å². The van der Waals surface area contributed by atoms with Crippen LogP contribution in [0.5, 0.6) is 0 Å². The van der Waals surface area contributed by atoms with E-state index in [4.69, 9.17) is 0 Å². The number of amides is 2. The van der Waals surface area contributed by atoms with Gasteiger partial charge >= 0.3 is 0 Å². The van der Waals surface area contributed by atoms with E-state index in [2.05, 4.69) is 15.6 Å². The molecule has 2 N–H and O–H groups in total. The number of rotatable bonds is 5. The number of likely N-dealkylation sites (tertiary alicyclic amines) is 1. The summed E-state index contributed by atoms with van der Waals surface area (Å²) in [5.41, 5.74) is 1.12. The number of aromatic nitrogens is 3. The van der Waals surface area contributed by atoms with Gasteiger partial charge in [-0.25, -0.2) is 4.68 Å². The Morgan fingerprint density at radius 3 is 2.70 bits per heavy atom. The van der Waals surface area contributed by atoms with Gasteiger partial charge in [0.1, 0.15) is 17.8 Å². The van der Waals surface area contributed by atoms with Crippen molar-refractivity contribution in [2.45, 2.75) is 50.3 Å². The van der Waals surface area contributed by atoms with Crippen molar-refractivity contribution in [3.8, 4) is 11.3 Å². The van der Waals surface area contributed by atoms with Gasteiger partial charge < -0.3 is 15.3 Å². The van der Waals surface area contributed by atoms with Crippen molar-refractivity contribution in [3.05, 3.63) is 30.5 Å². The van der Waals surface area contributed by atoms with Gasteiger partial charge in [-0.05, 0) is 23.8 Å². The zero-order valence-electron chi connectivity index (χ0n) is 18.0. The lowest BCUT2D eigenvalue weighted by atomic mass is 9.85. The van der Waals surface area contributed by atoms with Crippen LogP contribution >= 0.6 is 11.8 Å². The third-order valence-corrected chi connectivity index (χ3v) is 6.03. The summed E-state index contributed by atoms with van der Waals surface area (Å²) in [7, 11) is 1.53. The number of likely N-dealkylation sites (N-methyl/N-ethyl adjacent to an activating group) is 1. The molecule has 1 aliphatic heterocycles. The van der Waals surface area contributed by atoms with Crippen molar-refractivity contribution in [3.63, 3.8) is 0 Å². The van der Waals surface area contributed by atoms with Crippen LogP contribution in [0, 0.1) is 5.41 Å². The molecule has 0 aliphatic carbocycles. The van der Waals surface area contributed by atoms with E-state index in [1.165, 1.54) is 11.9 Å². The minimum atomic E-state index is -0.725. The zero-order valence-corrected chi connectivity index (χ0v) is 18.8. The monoisotopic (exact) mass is 431 g/mol. The summed E-state index contributed by atoms with van der Waals surface area (Å²) in [4.78, 5) is 28.4. The van der Waals surface area contributed by atoms with Crippen LogP contribution in [0.1, 0.15) is 33.2 Å². The molecule has 0 bridgehead atoms. The Morgan fingerprint density at radius 2 is 2.07 bits per heavy atom. The predicted molar refractivity (Wildman–Crippen MR) is 116 cm³/mol. The molecule has 1 aliphatic rings. The van der Waals surface area contributed by atoms with Gasteiger partial charge in [-0.3, -0.25) is 9.59 Å². The molecule has 1 fully saturated rings. The molecule has 0 radical (unpaired) electrons. The number of hydrogen-bond acceptors (Lipinski definition) is 6. The second kappa shape index (κ2) is 8.77. The first-order valence-corrected chi connectivity index (χ1v) is 11.1. The van der Waals surface area contributed by atoms with Crippen molar-refractivity contribution in [2.24, 2.45) is 5.41 Å². The summed E-state index contributed by atoms with van der Waals surface area (Å²) in [6.07, 6.45) is 3.29. The van der Waals surface area contributed by atoms with Crippen LogP contribution in [-0.2, 0) is 9.59 Å². The molecule has 2 heterocycles. The number of aliphatic hydroxyl groups is 1. The first-order chi connectivity index (χ1) is 14.2. The lowest BCUT2D eigenvalue weighted by Crippen LogP contribution is -2.49. The Hall–Kier alpha value is -2.39. The summed E-state index contributed by atoms with van der Waals surface area (Å²) in [5, 5.41) is 21.3. The highest BCUT2D eigenvalue weighted by atomic mass is 32.2. The maximum Gasteiger partial charge on any atom is 0.248 e. The summed E-state index contributed by atoms with van der Waals surface area (Å²) in [6.45, 7) is 5.98. The van der Waals surface area contributed by atoms with Gasteiger partial charge in [0.25, 0.3) is 0 Å². The summed E-state index contributed by atoms with van der Waals surface area (Å²) >= 11 is 1.64. The minimum Gasteiger partial charge on any atom is -0.391 e. The van der Waals surface area contributed by atoms with Gasteiger partial charge in [-0.1, -0.05) is 38.1 Å². The molecule has 0 saturated carbocycles. The van der Waals surface area contributed by atoms with Gasteiger partial charge in [0.15, 0.2) is 0 Å². The van der Waals surface area contributed by atoms with Gasteiger partial charge in [0.2, 0.25) is 11.8 Å². The molecule has 1 aromatic carbocycles. The molecule has 8 nitrogen and oxygen atoms in total. The third-order valence-electron chi connectivity index (χ3n) is 5.31. The molecular formula is C21H29N5O3S. The van der Waals surface area contributed by atoms with Crippen molar-refractivity contribution >= 4 is 23.6 Å². The van der Waals surface area contributed by atoms with E-state index in [0.29, 0.717) is 5.69 Å². The van der Waals surface area contributed by atoms with Crippen molar-refractivity contribution in [2.75, 3.05) is 19.8 Å². The van der Waals surface area contributed by atoms with Crippen LogP contribution < -0.4 is 5.32 Å². The molecule has 0 unspecified atom stereocenters. The van der Waals surface area contributed by atoms with Crippen LogP contribution in [0.25, 0.3) is 11.3 Å². The minimum absolute atomic E-state index is 0.126. The van der Waals surface area contributed by atoms with Crippen LogP contribution in [0.15, 0.2) is 35.4 Å². The number of carbonyl (C=O) groups is 2. The highest BCUT2D eigenvalue weighted by molar-refractivity contribution is 7.98. The normalized spacial score (nSPS) is 20.3. The fraction of sp³-hybridized carbons (Fsp3) is 0.524. The van der Waals surface area contributed by atoms with Gasteiger partial charge in [0.05, 0.1) is 12.3 Å². The fourth-order valence-electron chi connectivity index (χ4n) is 3.83. The van der Waals surface area contributed by atoms with Crippen LogP contribution in [0.2, 0.25) is 0 Å². The quantitative estimate of drug-likeness (QED) is 0.702. The fourth-order valence-corrected chi connectivity index (χ4v) is 4.29. The second-order valence-corrected chi connectivity index (χ2v) is 9.47. The first kappa shape index (κ1) is 22.3. The Kier molecular flexibility index (Phi) is 6.52. The number of hydrogen-bond donors (Lipinski definition) is 2. The molecule has 3 rings (SSSR count). The average Bonchev–Trinajstić information content (AvgIpc) is 3.33. The lowest BCUT2D eigenvalue weighted by molar-refractivity contribution is -0.144. The smallest absolute Gasteiger partial charge is 0.248 e. The third kappa shape index (κ3) is 4.52. The number of benzene rings is 1. The van der Waals surface area contributed by atoms with E-state index in [0.717, 1.165) is 10.5 Å². The molecule has 1 aromatic heterocycles. The zero-order chi connectivity index (χ0) is 22.1. The van der Waals surface area contributed by atoms with Crippen LogP contribution in [0.4, 0.5) is 0 Å². The average molecular weight is 432 g/mol. The molecule has 0 spiro atoms. The van der Waals surface area contributed by atoms with Gasteiger partial charge in [0, 0.05) is 30.5 Å². The van der Waals surface area contributed by atoms with E-state index in [9.17, 15) is 14.7 Å². The van der Waals surface area contributed by atoms with Gasteiger partial charge in [-0.2, -0.15) is 0 Å². The Balaban J connectivity index is 1.95. The number of aliphatic hydroxyl groups excluding tert-OH is 1. The van der Waals surface area contributed by atoms with E-state index in [1.807, 2.05) is 51.3 Å². The lowest BCUT2D eigenvalue weighted by Gasteiger charge is -2.34. The maximum atomic E-state index is 13.6. The Labute approximate surface area is 181 Å². The first-order valence-electron chi connectivity index (χ1n) is 9.92. The maximum absolute atomic E-state index is 13.6. The molecule has 2 aromatic rings. The highest BCUT2D eigenvalue weighted by Crippen LogP contribution is 2.35. The SMILES string of the molecule is CNC(=O)[C@@H]1C[C@@H](O)CN1C(=O)[C@@H](n1cc(-c2cccc(SC)c2)nn1)C(C)(C)C. The number of β-amino-alcohol motifs (C(OH)–C–C–N with tert-alkyl or cyclic N) is 1. The number of nitrogens with zero attached hydrogens (tertiary/aromatic N) is 4. The Bertz CT molecular complexity index is 923. The van der Waals surface area contributed by atoms with E-state index in [-0.39, 0.29) is 24.8 Å². The second-order valence-electron chi connectivity index (χ2n) is 8.59. The Morgan fingerprint density at radius 1 is 1.33 bits per heavy atom. The van der Waals surface area contributed by atoms with Crippen LogP contribution in [0.3, 0.4) is 0 Å². The summed E-state index contributed by atoms with van der Waals surface area (Å²) in [6, 6.07) is 6.62. The standard InChI is InChI=1S/C21H29N5O3S/c1-21(2,3)18(20(29)25-11-14(27)10-17(25)19(28)22-4)26-12-16(23-24-26)13-7-6-8-15(9-13)30-5/h6-9,12,14,17-18,27H,10-11H2,1-5H3,(H,22,28)/t14-,17+,18-/m1/s1. The molecule has 162 valence electrons. The molecule has 9 heteroatoms. The van der Waals surface area contributed by atoms with Crippen molar-refractivity contribution in [1.29, 1.82) is 0 Å². The molecule has 2 amide bonds. The highest BCUT2D eigenvalue weighted by Gasteiger charge is 2.45. The molecule has 3 atom stereocenters. The molecule has 1 saturated heterocycles. The number of nitrogens with one attached hydrogen (secondary N) is 1. The molecular weight excluding hydrogens is 402 g/mol. The number of thioether (sulfide) groups is 1.